The summed E-state index contributed by atoms with van der Waals surface area (Å²) in [6, 6.07) is 17.0. The van der Waals surface area contributed by atoms with Crippen molar-refractivity contribution >= 4 is 16.8 Å². The summed E-state index contributed by atoms with van der Waals surface area (Å²) in [6.07, 6.45) is 0. The third-order valence-corrected chi connectivity index (χ3v) is 4.82. The molecule has 0 radical (unpaired) electrons. The molecular formula is C23H26N2O4. The molecule has 0 fully saturated rings. The van der Waals surface area contributed by atoms with Crippen LogP contribution in [0.2, 0.25) is 0 Å². The van der Waals surface area contributed by atoms with Crippen molar-refractivity contribution in [2.75, 3.05) is 21.3 Å². The standard InChI is InChI=1S/C23H26N2O4/c1-15(21-13-20(28-3)9-10-22(21)29-4)25-23(26)24-14-16-5-6-18-12-19(27-2)8-7-17(18)11-16/h5-13,15H,14H2,1-4H3,(H2,24,25,26)/t15-/m1/s1. The molecule has 0 aromatic heterocycles. The molecule has 0 aliphatic rings. The van der Waals surface area contributed by atoms with Gasteiger partial charge in [-0.2, -0.15) is 0 Å². The summed E-state index contributed by atoms with van der Waals surface area (Å²) in [5, 5.41) is 8.04. The lowest BCUT2D eigenvalue weighted by Crippen LogP contribution is -2.36. The van der Waals surface area contributed by atoms with E-state index in [4.69, 9.17) is 14.2 Å². The van der Waals surface area contributed by atoms with Crippen LogP contribution < -0.4 is 24.8 Å². The molecule has 3 aromatic rings. The minimum atomic E-state index is -0.253. The average Bonchev–Trinajstić information content (AvgIpc) is 2.76. The number of amides is 2. The molecule has 3 rings (SSSR count). The van der Waals surface area contributed by atoms with Gasteiger partial charge in [-0.25, -0.2) is 4.79 Å². The van der Waals surface area contributed by atoms with Crippen molar-refractivity contribution in [2.24, 2.45) is 0 Å². The fraction of sp³-hybridized carbons (Fsp3) is 0.261. The zero-order chi connectivity index (χ0) is 20.8. The number of hydrogen-bond acceptors (Lipinski definition) is 4. The molecule has 152 valence electrons. The maximum Gasteiger partial charge on any atom is 0.315 e. The minimum Gasteiger partial charge on any atom is -0.497 e. The van der Waals surface area contributed by atoms with E-state index in [-0.39, 0.29) is 12.1 Å². The van der Waals surface area contributed by atoms with Crippen molar-refractivity contribution in [1.82, 2.24) is 10.6 Å². The Labute approximate surface area is 170 Å². The summed E-state index contributed by atoms with van der Waals surface area (Å²) < 4.78 is 15.9. The van der Waals surface area contributed by atoms with E-state index in [1.54, 1.807) is 21.3 Å². The third kappa shape index (κ3) is 4.90. The van der Waals surface area contributed by atoms with Crippen molar-refractivity contribution < 1.29 is 19.0 Å². The minimum absolute atomic E-state index is 0.246. The molecule has 6 nitrogen and oxygen atoms in total. The van der Waals surface area contributed by atoms with E-state index >= 15 is 0 Å². The Morgan fingerprint density at radius 1 is 0.862 bits per heavy atom. The fourth-order valence-electron chi connectivity index (χ4n) is 3.20. The van der Waals surface area contributed by atoms with Crippen LogP contribution >= 0.6 is 0 Å². The maximum absolute atomic E-state index is 12.4. The second kappa shape index (κ2) is 9.19. The van der Waals surface area contributed by atoms with Gasteiger partial charge in [0.25, 0.3) is 0 Å². The van der Waals surface area contributed by atoms with Crippen molar-refractivity contribution in [1.29, 1.82) is 0 Å². The van der Waals surface area contributed by atoms with E-state index in [9.17, 15) is 4.79 Å². The highest BCUT2D eigenvalue weighted by Gasteiger charge is 2.15. The molecule has 0 saturated heterocycles. The Bertz CT molecular complexity index is 1000. The number of rotatable bonds is 7. The van der Waals surface area contributed by atoms with Gasteiger partial charge < -0.3 is 24.8 Å². The van der Waals surface area contributed by atoms with Crippen molar-refractivity contribution in [2.45, 2.75) is 19.5 Å². The first-order valence-electron chi connectivity index (χ1n) is 9.37. The highest BCUT2D eigenvalue weighted by Crippen LogP contribution is 2.29. The van der Waals surface area contributed by atoms with Gasteiger partial charge in [0.2, 0.25) is 0 Å². The van der Waals surface area contributed by atoms with E-state index in [2.05, 4.69) is 16.7 Å². The van der Waals surface area contributed by atoms with Crippen LogP contribution in [0.4, 0.5) is 4.79 Å². The maximum atomic E-state index is 12.4. The van der Waals surface area contributed by atoms with Crippen LogP contribution in [0.15, 0.2) is 54.6 Å². The molecular weight excluding hydrogens is 368 g/mol. The van der Waals surface area contributed by atoms with Gasteiger partial charge in [0.05, 0.1) is 27.4 Å². The van der Waals surface area contributed by atoms with Crippen LogP contribution in [0.25, 0.3) is 10.8 Å². The number of fused-ring (bicyclic) bond motifs is 1. The topological polar surface area (TPSA) is 68.8 Å². The van der Waals surface area contributed by atoms with Gasteiger partial charge in [0.1, 0.15) is 17.2 Å². The number of urea groups is 1. The summed E-state index contributed by atoms with van der Waals surface area (Å²) >= 11 is 0. The van der Waals surface area contributed by atoms with Crippen molar-refractivity contribution in [3.05, 3.63) is 65.7 Å². The highest BCUT2D eigenvalue weighted by molar-refractivity contribution is 5.84. The molecule has 29 heavy (non-hydrogen) atoms. The number of carbonyl (C=O) groups excluding carboxylic acids is 1. The first-order chi connectivity index (χ1) is 14.0. The first kappa shape index (κ1) is 20.3. The molecule has 6 heteroatoms. The summed E-state index contributed by atoms with van der Waals surface area (Å²) in [4.78, 5) is 12.4. The van der Waals surface area contributed by atoms with Gasteiger partial charge in [-0.05, 0) is 59.7 Å². The fourth-order valence-corrected chi connectivity index (χ4v) is 3.20. The number of carbonyl (C=O) groups is 1. The van der Waals surface area contributed by atoms with Crippen LogP contribution in [0, 0.1) is 0 Å². The van der Waals surface area contributed by atoms with E-state index in [0.717, 1.165) is 27.6 Å². The molecule has 3 aromatic carbocycles. The Kier molecular flexibility index (Phi) is 6.44. The van der Waals surface area contributed by atoms with Crippen LogP contribution in [-0.2, 0) is 6.54 Å². The van der Waals surface area contributed by atoms with Gasteiger partial charge in [-0.3, -0.25) is 0 Å². The van der Waals surface area contributed by atoms with Crippen LogP contribution in [0.5, 0.6) is 17.2 Å². The van der Waals surface area contributed by atoms with Gasteiger partial charge in [0.15, 0.2) is 0 Å². The third-order valence-electron chi connectivity index (χ3n) is 4.82. The van der Waals surface area contributed by atoms with Crippen LogP contribution in [0.1, 0.15) is 24.1 Å². The average molecular weight is 394 g/mol. The summed E-state index contributed by atoms with van der Waals surface area (Å²) in [6.45, 7) is 2.33. The van der Waals surface area contributed by atoms with Crippen molar-refractivity contribution in [3.8, 4) is 17.2 Å². The molecule has 0 heterocycles. The molecule has 2 N–H and O–H groups in total. The Hall–Kier alpha value is -3.41. The largest absolute Gasteiger partial charge is 0.497 e. The summed E-state index contributed by atoms with van der Waals surface area (Å²) in [7, 11) is 4.86. The lowest BCUT2D eigenvalue weighted by Gasteiger charge is -2.18. The normalized spacial score (nSPS) is 11.6. The Morgan fingerprint density at radius 2 is 1.52 bits per heavy atom. The SMILES string of the molecule is COc1ccc(OC)c([C@@H](C)NC(=O)NCc2ccc3cc(OC)ccc3c2)c1. The second-order valence-corrected chi connectivity index (χ2v) is 6.70. The zero-order valence-electron chi connectivity index (χ0n) is 17.1. The monoisotopic (exact) mass is 394 g/mol. The highest BCUT2D eigenvalue weighted by atomic mass is 16.5. The molecule has 0 aliphatic heterocycles. The molecule has 1 atom stereocenters. The van der Waals surface area contributed by atoms with Gasteiger partial charge in [0, 0.05) is 12.1 Å². The number of hydrogen-bond donors (Lipinski definition) is 2. The quantitative estimate of drug-likeness (QED) is 0.622. The molecule has 0 aliphatic carbocycles. The number of methoxy groups -OCH3 is 3. The summed E-state index contributed by atoms with van der Waals surface area (Å²) in [5.74, 6) is 2.23. The number of ether oxygens (including phenoxy) is 3. The Balaban J connectivity index is 1.63. The van der Waals surface area contributed by atoms with E-state index in [1.807, 2.05) is 55.5 Å². The van der Waals surface area contributed by atoms with Gasteiger partial charge in [-0.1, -0.05) is 18.2 Å². The second-order valence-electron chi connectivity index (χ2n) is 6.70. The van der Waals surface area contributed by atoms with Gasteiger partial charge in [-0.15, -0.1) is 0 Å². The number of benzene rings is 3. The predicted octanol–water partition coefficient (Wildman–Crippen LogP) is 4.43. The molecule has 0 spiro atoms. The molecule has 2 amide bonds. The predicted molar refractivity (Wildman–Crippen MR) is 114 cm³/mol. The van der Waals surface area contributed by atoms with Crippen LogP contribution in [-0.4, -0.2) is 27.4 Å². The lowest BCUT2D eigenvalue weighted by molar-refractivity contribution is 0.237. The lowest BCUT2D eigenvalue weighted by atomic mass is 10.1. The van der Waals surface area contributed by atoms with E-state index < -0.39 is 0 Å². The molecule has 0 bridgehead atoms. The summed E-state index contributed by atoms with van der Waals surface area (Å²) in [5.41, 5.74) is 1.87. The molecule has 0 saturated carbocycles. The first-order valence-corrected chi connectivity index (χ1v) is 9.37. The van der Waals surface area contributed by atoms with Crippen LogP contribution in [0.3, 0.4) is 0 Å². The Morgan fingerprint density at radius 3 is 2.24 bits per heavy atom. The van der Waals surface area contributed by atoms with Gasteiger partial charge >= 0.3 is 6.03 Å². The van der Waals surface area contributed by atoms with E-state index in [1.165, 1.54) is 0 Å². The smallest absolute Gasteiger partial charge is 0.315 e. The number of nitrogens with one attached hydrogen (secondary N) is 2. The van der Waals surface area contributed by atoms with Crippen molar-refractivity contribution in [3.63, 3.8) is 0 Å². The molecule has 0 unspecified atom stereocenters. The van der Waals surface area contributed by atoms with E-state index in [0.29, 0.717) is 18.0 Å². The zero-order valence-corrected chi connectivity index (χ0v) is 17.1.